The van der Waals surface area contributed by atoms with E-state index in [0.29, 0.717) is 0 Å². The third kappa shape index (κ3) is 2.02. The standard InChI is InChI=1S/C7H7ClN2O4/c1-14-4-2-9-10(3-5(11)12)7(13)6(4)8/h2H,3H2,1H3,(H,11,12). The molecule has 0 fully saturated rings. The number of carboxylic acid groups (broad SMARTS) is 1. The molecule has 0 aliphatic rings. The fourth-order valence-electron chi connectivity index (χ4n) is 0.833. The van der Waals surface area contributed by atoms with Crippen LogP contribution in [0.4, 0.5) is 0 Å². The van der Waals surface area contributed by atoms with Gasteiger partial charge in [-0.15, -0.1) is 0 Å². The van der Waals surface area contributed by atoms with Gasteiger partial charge < -0.3 is 9.84 Å². The lowest BCUT2D eigenvalue weighted by Gasteiger charge is -2.04. The van der Waals surface area contributed by atoms with Crippen LogP contribution in [-0.4, -0.2) is 28.0 Å². The van der Waals surface area contributed by atoms with Gasteiger partial charge >= 0.3 is 5.97 Å². The monoisotopic (exact) mass is 218 g/mol. The molecule has 1 rings (SSSR count). The molecule has 1 aromatic rings. The lowest BCUT2D eigenvalue weighted by atomic mass is 10.5. The predicted octanol–water partition coefficient (Wildman–Crippen LogP) is -0.0101. The number of nitrogens with zero attached hydrogens (tertiary/aromatic N) is 2. The quantitative estimate of drug-likeness (QED) is 0.772. The van der Waals surface area contributed by atoms with E-state index >= 15 is 0 Å². The third-order valence-corrected chi connectivity index (χ3v) is 1.81. The third-order valence-electron chi connectivity index (χ3n) is 1.46. The lowest BCUT2D eigenvalue weighted by molar-refractivity contribution is -0.138. The Bertz CT molecular complexity index is 415. The molecule has 0 atom stereocenters. The molecular weight excluding hydrogens is 212 g/mol. The maximum absolute atomic E-state index is 11.3. The number of halogens is 1. The fourth-order valence-corrected chi connectivity index (χ4v) is 1.06. The molecule has 0 aliphatic carbocycles. The maximum Gasteiger partial charge on any atom is 0.325 e. The van der Waals surface area contributed by atoms with Crippen LogP contribution in [0.15, 0.2) is 11.0 Å². The van der Waals surface area contributed by atoms with E-state index in [9.17, 15) is 9.59 Å². The second kappa shape index (κ2) is 4.10. The number of carboxylic acids is 1. The summed E-state index contributed by atoms with van der Waals surface area (Å²) in [5.74, 6) is -1.04. The van der Waals surface area contributed by atoms with Crippen LogP contribution in [-0.2, 0) is 11.3 Å². The van der Waals surface area contributed by atoms with Gasteiger partial charge in [-0.25, -0.2) is 4.68 Å². The number of hydrogen-bond acceptors (Lipinski definition) is 4. The first kappa shape index (κ1) is 10.5. The van der Waals surface area contributed by atoms with Crippen LogP contribution in [0.1, 0.15) is 0 Å². The van der Waals surface area contributed by atoms with Crippen molar-refractivity contribution in [3.05, 3.63) is 21.6 Å². The molecule has 0 radical (unpaired) electrons. The second-order valence-electron chi connectivity index (χ2n) is 2.38. The zero-order chi connectivity index (χ0) is 10.7. The SMILES string of the molecule is COc1cnn(CC(=O)O)c(=O)c1Cl. The predicted molar refractivity (Wildman–Crippen MR) is 47.7 cm³/mol. The van der Waals surface area contributed by atoms with Crippen LogP contribution in [0.5, 0.6) is 5.75 Å². The van der Waals surface area contributed by atoms with Crippen molar-refractivity contribution in [2.75, 3.05) is 7.11 Å². The van der Waals surface area contributed by atoms with E-state index < -0.39 is 18.1 Å². The van der Waals surface area contributed by atoms with Crippen molar-refractivity contribution in [3.8, 4) is 5.75 Å². The van der Waals surface area contributed by atoms with Crippen molar-refractivity contribution in [2.45, 2.75) is 6.54 Å². The molecule has 7 heteroatoms. The van der Waals surface area contributed by atoms with Gasteiger partial charge in [0.2, 0.25) is 0 Å². The number of carbonyl (C=O) groups is 1. The molecular formula is C7H7ClN2O4. The summed E-state index contributed by atoms with van der Waals surface area (Å²) in [5, 5.41) is 11.8. The van der Waals surface area contributed by atoms with E-state index in [0.717, 1.165) is 4.68 Å². The van der Waals surface area contributed by atoms with Gasteiger partial charge in [-0.1, -0.05) is 11.6 Å². The van der Waals surface area contributed by atoms with Crippen LogP contribution in [0.3, 0.4) is 0 Å². The normalized spacial score (nSPS) is 9.86. The highest BCUT2D eigenvalue weighted by Gasteiger charge is 2.10. The van der Waals surface area contributed by atoms with E-state index in [4.69, 9.17) is 21.4 Å². The maximum atomic E-state index is 11.3. The highest BCUT2D eigenvalue weighted by atomic mass is 35.5. The van der Waals surface area contributed by atoms with Crippen molar-refractivity contribution >= 4 is 17.6 Å². The minimum absolute atomic E-state index is 0.123. The average molecular weight is 219 g/mol. The van der Waals surface area contributed by atoms with E-state index in [1.165, 1.54) is 13.3 Å². The molecule has 14 heavy (non-hydrogen) atoms. The highest BCUT2D eigenvalue weighted by molar-refractivity contribution is 6.31. The van der Waals surface area contributed by atoms with E-state index in [-0.39, 0.29) is 10.8 Å². The average Bonchev–Trinajstić information content (AvgIpc) is 2.13. The molecule has 1 aromatic heterocycles. The number of aliphatic carboxylic acids is 1. The van der Waals surface area contributed by atoms with Gasteiger partial charge in [0.25, 0.3) is 5.56 Å². The molecule has 1 heterocycles. The Balaban J connectivity index is 3.17. The summed E-state index contributed by atoms with van der Waals surface area (Å²) in [6.07, 6.45) is 1.19. The number of rotatable bonds is 3. The van der Waals surface area contributed by atoms with Gasteiger partial charge in [0.15, 0.2) is 10.8 Å². The van der Waals surface area contributed by atoms with Crippen molar-refractivity contribution in [2.24, 2.45) is 0 Å². The van der Waals surface area contributed by atoms with E-state index in [1.807, 2.05) is 0 Å². The van der Waals surface area contributed by atoms with Gasteiger partial charge in [0.05, 0.1) is 13.3 Å². The zero-order valence-electron chi connectivity index (χ0n) is 7.23. The van der Waals surface area contributed by atoms with Crippen LogP contribution in [0.25, 0.3) is 0 Å². The smallest absolute Gasteiger partial charge is 0.325 e. The number of methoxy groups -OCH3 is 1. The number of ether oxygens (including phenoxy) is 1. The lowest BCUT2D eigenvalue weighted by Crippen LogP contribution is -2.26. The molecule has 6 nitrogen and oxygen atoms in total. The second-order valence-corrected chi connectivity index (χ2v) is 2.76. The van der Waals surface area contributed by atoms with Crippen molar-refractivity contribution in [1.29, 1.82) is 0 Å². The summed E-state index contributed by atoms with van der Waals surface area (Å²) in [7, 11) is 1.34. The topological polar surface area (TPSA) is 81.4 Å². The highest BCUT2D eigenvalue weighted by Crippen LogP contribution is 2.16. The van der Waals surface area contributed by atoms with Crippen molar-refractivity contribution in [3.63, 3.8) is 0 Å². The van der Waals surface area contributed by atoms with Crippen LogP contribution < -0.4 is 10.3 Å². The summed E-state index contributed by atoms with van der Waals surface area (Å²) in [4.78, 5) is 21.6. The largest absolute Gasteiger partial charge is 0.493 e. The molecule has 0 bridgehead atoms. The van der Waals surface area contributed by atoms with E-state index in [1.54, 1.807) is 0 Å². The Morgan fingerprint density at radius 3 is 2.93 bits per heavy atom. The van der Waals surface area contributed by atoms with E-state index in [2.05, 4.69) is 5.10 Å². The summed E-state index contributed by atoms with van der Waals surface area (Å²) in [5.41, 5.74) is -0.687. The molecule has 0 unspecified atom stereocenters. The first-order chi connectivity index (χ1) is 6.56. The Hall–Kier alpha value is -1.56. The zero-order valence-corrected chi connectivity index (χ0v) is 7.98. The molecule has 0 aliphatic heterocycles. The van der Waals surface area contributed by atoms with Crippen molar-refractivity contribution < 1.29 is 14.6 Å². The number of hydrogen-bond donors (Lipinski definition) is 1. The van der Waals surface area contributed by atoms with Crippen molar-refractivity contribution in [1.82, 2.24) is 9.78 Å². The van der Waals surface area contributed by atoms with Crippen LogP contribution >= 0.6 is 11.6 Å². The van der Waals surface area contributed by atoms with Gasteiger partial charge in [-0.05, 0) is 0 Å². The minimum Gasteiger partial charge on any atom is -0.493 e. The molecule has 0 saturated heterocycles. The molecule has 76 valence electrons. The fraction of sp³-hybridized carbons (Fsp3) is 0.286. The van der Waals surface area contributed by atoms with Gasteiger partial charge in [0, 0.05) is 0 Å². The molecule has 0 aromatic carbocycles. The first-order valence-corrected chi connectivity index (χ1v) is 3.95. The summed E-state index contributed by atoms with van der Waals surface area (Å²) >= 11 is 5.59. The van der Waals surface area contributed by atoms with Gasteiger partial charge in [0.1, 0.15) is 6.54 Å². The Morgan fingerprint density at radius 1 is 1.79 bits per heavy atom. The summed E-state index contributed by atoms with van der Waals surface area (Å²) in [6.45, 7) is -0.525. The molecule has 0 saturated carbocycles. The molecule has 0 amide bonds. The van der Waals surface area contributed by atoms with Gasteiger partial charge in [-0.2, -0.15) is 5.10 Å². The molecule has 0 spiro atoms. The Morgan fingerprint density at radius 2 is 2.43 bits per heavy atom. The molecule has 1 N–H and O–H groups in total. The van der Waals surface area contributed by atoms with Crippen LogP contribution in [0.2, 0.25) is 5.02 Å². The van der Waals surface area contributed by atoms with Gasteiger partial charge in [-0.3, -0.25) is 9.59 Å². The Kier molecular flexibility index (Phi) is 3.08. The summed E-state index contributed by atoms with van der Waals surface area (Å²) < 4.78 is 5.47. The minimum atomic E-state index is -1.17. The first-order valence-electron chi connectivity index (χ1n) is 3.57. The number of aromatic nitrogens is 2. The summed E-state index contributed by atoms with van der Waals surface area (Å²) in [6, 6.07) is 0. The Labute approximate surface area is 83.7 Å². The van der Waals surface area contributed by atoms with Crippen LogP contribution in [0, 0.1) is 0 Å².